The standard InChI is InChI=1S/C19H29N7O9/c1-8(27)15(26-16(31)10(20)4-9-6-22-7-23-9)18(33)24-11(2-3-13(21)28)17(32)25-12(19(34)35)5-14(29)30/h6-8,10-12,15,27H,2-5,20H2,1H3,(H2,21,28)(H,22,23)(H,24,33)(H,25,32)(H,26,31)(H,29,30)(H,34,35). The number of carboxylic acid groups (broad SMARTS) is 2. The van der Waals surface area contributed by atoms with Crippen LogP contribution in [0.1, 0.15) is 31.9 Å². The van der Waals surface area contributed by atoms with Gasteiger partial charge in [-0.15, -0.1) is 0 Å². The lowest BCUT2D eigenvalue weighted by Gasteiger charge is -2.26. The highest BCUT2D eigenvalue weighted by Crippen LogP contribution is 2.04. The zero-order valence-electron chi connectivity index (χ0n) is 18.8. The second-order valence-corrected chi connectivity index (χ2v) is 7.68. The van der Waals surface area contributed by atoms with Gasteiger partial charge in [0, 0.05) is 24.7 Å². The smallest absolute Gasteiger partial charge is 0.326 e. The molecule has 0 aromatic carbocycles. The Morgan fingerprint density at radius 3 is 2.14 bits per heavy atom. The largest absolute Gasteiger partial charge is 0.481 e. The van der Waals surface area contributed by atoms with Gasteiger partial charge in [0.25, 0.3) is 0 Å². The summed E-state index contributed by atoms with van der Waals surface area (Å²) in [5.41, 5.74) is 11.4. The lowest BCUT2D eigenvalue weighted by molar-refractivity contribution is -0.147. The van der Waals surface area contributed by atoms with Crippen molar-refractivity contribution < 1.29 is 44.1 Å². The first-order chi connectivity index (χ1) is 16.3. The number of carbonyl (C=O) groups is 6. The number of amides is 4. The number of rotatable bonds is 15. The number of aliphatic hydroxyl groups is 1. The van der Waals surface area contributed by atoms with Gasteiger partial charge < -0.3 is 47.7 Å². The summed E-state index contributed by atoms with van der Waals surface area (Å²) >= 11 is 0. The van der Waals surface area contributed by atoms with Crippen molar-refractivity contribution in [1.82, 2.24) is 25.9 Å². The van der Waals surface area contributed by atoms with Gasteiger partial charge in [-0.2, -0.15) is 0 Å². The Hall–Kier alpha value is -4.05. The van der Waals surface area contributed by atoms with Gasteiger partial charge in [-0.05, 0) is 13.3 Å². The molecule has 1 rings (SSSR count). The zero-order valence-corrected chi connectivity index (χ0v) is 18.8. The van der Waals surface area contributed by atoms with E-state index in [2.05, 4.69) is 20.6 Å². The number of nitrogens with zero attached hydrogens (tertiary/aromatic N) is 1. The molecule has 0 saturated heterocycles. The van der Waals surface area contributed by atoms with Crippen LogP contribution in [0.15, 0.2) is 12.5 Å². The van der Waals surface area contributed by atoms with Gasteiger partial charge in [0.15, 0.2) is 0 Å². The Morgan fingerprint density at radius 1 is 1.03 bits per heavy atom. The number of nitrogens with two attached hydrogens (primary N) is 2. The van der Waals surface area contributed by atoms with Crippen LogP contribution in [0, 0.1) is 0 Å². The molecule has 11 N–H and O–H groups in total. The van der Waals surface area contributed by atoms with E-state index in [9.17, 15) is 33.9 Å². The van der Waals surface area contributed by atoms with E-state index in [-0.39, 0.29) is 12.8 Å². The van der Waals surface area contributed by atoms with Gasteiger partial charge in [-0.1, -0.05) is 0 Å². The highest BCUT2D eigenvalue weighted by atomic mass is 16.4. The second kappa shape index (κ2) is 13.6. The Bertz CT molecular complexity index is 920. The van der Waals surface area contributed by atoms with Crippen molar-refractivity contribution in [2.75, 3.05) is 0 Å². The molecule has 0 spiro atoms. The van der Waals surface area contributed by atoms with Crippen LogP contribution in [0.5, 0.6) is 0 Å². The summed E-state index contributed by atoms with van der Waals surface area (Å²) < 4.78 is 0. The van der Waals surface area contributed by atoms with Crippen LogP contribution in [0.2, 0.25) is 0 Å². The average Bonchev–Trinajstić information content (AvgIpc) is 3.26. The minimum Gasteiger partial charge on any atom is -0.481 e. The molecule has 1 heterocycles. The van der Waals surface area contributed by atoms with Crippen LogP contribution in [0.25, 0.3) is 0 Å². The molecule has 0 saturated carbocycles. The highest BCUT2D eigenvalue weighted by Gasteiger charge is 2.33. The van der Waals surface area contributed by atoms with Gasteiger partial charge in [0.2, 0.25) is 23.6 Å². The van der Waals surface area contributed by atoms with E-state index in [1.165, 1.54) is 19.4 Å². The molecule has 5 unspecified atom stereocenters. The molecule has 1 aromatic rings. The van der Waals surface area contributed by atoms with E-state index < -0.39 is 78.7 Å². The number of hydrogen-bond acceptors (Lipinski definition) is 9. The fourth-order valence-corrected chi connectivity index (χ4v) is 2.86. The summed E-state index contributed by atoms with van der Waals surface area (Å²) in [4.78, 5) is 77.6. The van der Waals surface area contributed by atoms with Gasteiger partial charge in [0.1, 0.15) is 18.1 Å². The molecule has 0 aliphatic rings. The van der Waals surface area contributed by atoms with Crippen LogP contribution in [-0.2, 0) is 35.2 Å². The lowest BCUT2D eigenvalue weighted by Crippen LogP contribution is -2.60. The molecule has 0 aliphatic heterocycles. The third-order valence-electron chi connectivity index (χ3n) is 4.70. The van der Waals surface area contributed by atoms with E-state index in [1.54, 1.807) is 0 Å². The molecular formula is C19H29N7O9. The minimum absolute atomic E-state index is 0.0454. The zero-order chi connectivity index (χ0) is 26.7. The molecule has 0 aliphatic carbocycles. The van der Waals surface area contributed by atoms with Crippen molar-refractivity contribution in [3.05, 3.63) is 18.2 Å². The van der Waals surface area contributed by atoms with Gasteiger partial charge in [0.05, 0.1) is 24.9 Å². The van der Waals surface area contributed by atoms with Crippen molar-refractivity contribution in [2.45, 2.75) is 62.9 Å². The number of aliphatic hydroxyl groups excluding tert-OH is 1. The second-order valence-electron chi connectivity index (χ2n) is 7.68. The Kier molecular flexibility index (Phi) is 11.3. The number of nitrogens with one attached hydrogen (secondary N) is 4. The summed E-state index contributed by atoms with van der Waals surface area (Å²) in [6.07, 6.45) is -0.279. The third kappa shape index (κ3) is 10.2. The highest BCUT2D eigenvalue weighted by molar-refractivity contribution is 5.95. The quantitative estimate of drug-likeness (QED) is 0.112. The Labute approximate surface area is 198 Å². The Morgan fingerprint density at radius 2 is 1.66 bits per heavy atom. The maximum atomic E-state index is 12.8. The van der Waals surface area contributed by atoms with Crippen LogP contribution < -0.4 is 27.4 Å². The number of aromatic amines is 1. The molecule has 16 nitrogen and oxygen atoms in total. The number of H-pyrrole nitrogens is 1. The molecular weight excluding hydrogens is 470 g/mol. The predicted molar refractivity (Wildman–Crippen MR) is 116 cm³/mol. The van der Waals surface area contributed by atoms with E-state index in [0.29, 0.717) is 5.69 Å². The van der Waals surface area contributed by atoms with Crippen LogP contribution in [0.4, 0.5) is 0 Å². The molecule has 194 valence electrons. The first-order valence-electron chi connectivity index (χ1n) is 10.4. The van der Waals surface area contributed by atoms with Crippen molar-refractivity contribution in [2.24, 2.45) is 11.5 Å². The normalized spacial score (nSPS) is 15.1. The van der Waals surface area contributed by atoms with E-state index in [0.717, 1.165) is 0 Å². The molecule has 0 bridgehead atoms. The lowest BCUT2D eigenvalue weighted by atomic mass is 10.1. The molecule has 4 amide bonds. The molecule has 16 heteroatoms. The monoisotopic (exact) mass is 499 g/mol. The van der Waals surface area contributed by atoms with Crippen molar-refractivity contribution in [3.8, 4) is 0 Å². The van der Waals surface area contributed by atoms with Crippen molar-refractivity contribution in [1.29, 1.82) is 0 Å². The first kappa shape index (κ1) is 29.0. The fraction of sp³-hybridized carbons (Fsp3) is 0.526. The van der Waals surface area contributed by atoms with Gasteiger partial charge in [-0.25, -0.2) is 9.78 Å². The summed E-state index contributed by atoms with van der Waals surface area (Å²) in [5, 5.41) is 34.4. The summed E-state index contributed by atoms with van der Waals surface area (Å²) in [6.45, 7) is 1.19. The topological polar surface area (TPSA) is 280 Å². The number of aromatic nitrogens is 2. The van der Waals surface area contributed by atoms with Crippen LogP contribution in [0.3, 0.4) is 0 Å². The molecule has 35 heavy (non-hydrogen) atoms. The molecule has 1 aromatic heterocycles. The molecule has 5 atom stereocenters. The number of aliphatic carboxylic acids is 2. The average molecular weight is 499 g/mol. The number of carboxylic acids is 2. The minimum atomic E-state index is -1.82. The molecule has 0 radical (unpaired) electrons. The van der Waals surface area contributed by atoms with E-state index in [4.69, 9.17) is 21.7 Å². The number of carbonyl (C=O) groups excluding carboxylic acids is 4. The SMILES string of the molecule is CC(O)C(NC(=O)C(N)Cc1cnc[nH]1)C(=O)NC(CCC(N)=O)C(=O)NC(CC(=O)O)C(=O)O. The van der Waals surface area contributed by atoms with Gasteiger partial charge in [-0.3, -0.25) is 24.0 Å². The molecule has 0 fully saturated rings. The van der Waals surface area contributed by atoms with E-state index >= 15 is 0 Å². The number of imidazole rings is 1. The van der Waals surface area contributed by atoms with Crippen molar-refractivity contribution in [3.63, 3.8) is 0 Å². The summed E-state index contributed by atoms with van der Waals surface area (Å²) in [7, 11) is 0. The summed E-state index contributed by atoms with van der Waals surface area (Å²) in [6, 6.07) is -6.05. The van der Waals surface area contributed by atoms with Crippen molar-refractivity contribution >= 4 is 35.6 Å². The van der Waals surface area contributed by atoms with Crippen LogP contribution >= 0.6 is 0 Å². The van der Waals surface area contributed by atoms with Gasteiger partial charge >= 0.3 is 11.9 Å². The maximum Gasteiger partial charge on any atom is 0.326 e. The maximum absolute atomic E-state index is 12.8. The van der Waals surface area contributed by atoms with Crippen LogP contribution in [-0.4, -0.2) is 91.1 Å². The summed E-state index contributed by atoms with van der Waals surface area (Å²) in [5.74, 6) is -6.93. The third-order valence-corrected chi connectivity index (χ3v) is 4.70. The first-order valence-corrected chi connectivity index (χ1v) is 10.4. The fourth-order valence-electron chi connectivity index (χ4n) is 2.86. The van der Waals surface area contributed by atoms with E-state index in [1.807, 2.05) is 5.32 Å². The Balaban J connectivity index is 2.94. The number of primary amides is 1. The predicted octanol–water partition coefficient (Wildman–Crippen LogP) is -4.06. The number of hydrogen-bond donors (Lipinski definition) is 9.